The van der Waals surface area contributed by atoms with Gasteiger partial charge < -0.3 is 4.42 Å². The molecule has 5 rings (SSSR count). The molecule has 0 bridgehead atoms. The second-order valence-electron chi connectivity index (χ2n) is 6.78. The summed E-state index contributed by atoms with van der Waals surface area (Å²) in [5, 5.41) is 0.797. The standard InChI is InChI=1S/C24H16FN3O2S/c25-18-11-5-7-13-20(18)28-23(29)17-10-4-6-12-19(17)27-24(28)31-15-22-26-14-21(30-22)16-8-2-1-3-9-16/h1-14H,15H2. The number of hydrogen-bond acceptors (Lipinski definition) is 5. The number of oxazole rings is 1. The molecule has 0 aliphatic rings. The second kappa shape index (κ2) is 8.20. The Bertz CT molecular complexity index is 1430. The van der Waals surface area contributed by atoms with Crippen LogP contribution in [0.1, 0.15) is 5.89 Å². The molecule has 7 heteroatoms. The van der Waals surface area contributed by atoms with Crippen LogP contribution in [-0.2, 0) is 5.75 Å². The number of halogens is 1. The van der Waals surface area contributed by atoms with Crippen molar-refractivity contribution in [1.82, 2.24) is 14.5 Å². The van der Waals surface area contributed by atoms with Gasteiger partial charge in [-0.15, -0.1) is 0 Å². The summed E-state index contributed by atoms with van der Waals surface area (Å²) < 4.78 is 21.7. The summed E-state index contributed by atoms with van der Waals surface area (Å²) in [5.41, 5.74) is 1.32. The summed E-state index contributed by atoms with van der Waals surface area (Å²) in [6.45, 7) is 0. The highest BCUT2D eigenvalue weighted by Gasteiger charge is 2.17. The van der Waals surface area contributed by atoms with Gasteiger partial charge in [0.05, 0.1) is 28.5 Å². The smallest absolute Gasteiger partial charge is 0.266 e. The molecular formula is C24H16FN3O2S. The van der Waals surface area contributed by atoms with Gasteiger partial charge in [-0.25, -0.2) is 14.4 Å². The molecule has 5 nitrogen and oxygen atoms in total. The molecular weight excluding hydrogens is 413 g/mol. The van der Waals surface area contributed by atoms with Crippen molar-refractivity contribution in [3.05, 3.63) is 107 Å². The first-order chi connectivity index (χ1) is 15.2. The average Bonchev–Trinajstić information content (AvgIpc) is 3.28. The molecule has 2 aromatic heterocycles. The predicted molar refractivity (Wildman–Crippen MR) is 119 cm³/mol. The van der Waals surface area contributed by atoms with Crippen molar-refractivity contribution in [3.8, 4) is 17.0 Å². The molecule has 3 aromatic carbocycles. The van der Waals surface area contributed by atoms with Gasteiger partial charge in [-0.1, -0.05) is 66.4 Å². The van der Waals surface area contributed by atoms with E-state index < -0.39 is 5.82 Å². The topological polar surface area (TPSA) is 60.9 Å². The van der Waals surface area contributed by atoms with Crippen molar-refractivity contribution in [2.75, 3.05) is 0 Å². The highest BCUT2D eigenvalue weighted by Crippen LogP contribution is 2.27. The van der Waals surface area contributed by atoms with E-state index in [1.165, 1.54) is 22.4 Å². The molecule has 0 fully saturated rings. The molecule has 0 radical (unpaired) electrons. The number of fused-ring (bicyclic) bond motifs is 1. The van der Waals surface area contributed by atoms with Gasteiger partial charge in [0.2, 0.25) is 5.89 Å². The van der Waals surface area contributed by atoms with Crippen molar-refractivity contribution < 1.29 is 8.81 Å². The zero-order chi connectivity index (χ0) is 21.2. The van der Waals surface area contributed by atoms with Crippen molar-refractivity contribution in [3.63, 3.8) is 0 Å². The minimum absolute atomic E-state index is 0.158. The van der Waals surface area contributed by atoms with Gasteiger partial charge in [0.1, 0.15) is 5.82 Å². The Kier molecular flexibility index (Phi) is 5.09. The van der Waals surface area contributed by atoms with Crippen LogP contribution in [0.3, 0.4) is 0 Å². The lowest BCUT2D eigenvalue weighted by atomic mass is 10.2. The summed E-state index contributed by atoms with van der Waals surface area (Å²) >= 11 is 1.27. The third-order valence-electron chi connectivity index (χ3n) is 4.77. The SMILES string of the molecule is O=c1c2ccccc2nc(SCc2ncc(-c3ccccc3)o2)n1-c1ccccc1F. The summed E-state index contributed by atoms with van der Waals surface area (Å²) in [5.74, 6) is 0.998. The van der Waals surface area contributed by atoms with Gasteiger partial charge in [-0.3, -0.25) is 9.36 Å². The van der Waals surface area contributed by atoms with Gasteiger partial charge in [0.25, 0.3) is 5.56 Å². The highest BCUT2D eigenvalue weighted by molar-refractivity contribution is 7.98. The van der Waals surface area contributed by atoms with E-state index in [0.29, 0.717) is 33.5 Å². The van der Waals surface area contributed by atoms with Crippen LogP contribution in [0.4, 0.5) is 4.39 Å². The summed E-state index contributed by atoms with van der Waals surface area (Å²) in [6, 6.07) is 22.9. The Hall–Kier alpha value is -3.71. The normalized spacial score (nSPS) is 11.1. The van der Waals surface area contributed by atoms with Crippen molar-refractivity contribution in [1.29, 1.82) is 0 Å². The molecule has 31 heavy (non-hydrogen) atoms. The first kappa shape index (κ1) is 19.3. The zero-order valence-electron chi connectivity index (χ0n) is 16.2. The van der Waals surface area contributed by atoms with Crippen LogP contribution >= 0.6 is 11.8 Å². The molecule has 0 unspecified atom stereocenters. The van der Waals surface area contributed by atoms with Gasteiger partial charge >= 0.3 is 0 Å². The van der Waals surface area contributed by atoms with Crippen LogP contribution < -0.4 is 5.56 Å². The Labute approximate surface area is 181 Å². The van der Waals surface area contributed by atoms with Gasteiger partial charge in [0, 0.05) is 5.56 Å². The fourth-order valence-electron chi connectivity index (χ4n) is 3.29. The number of hydrogen-bond donors (Lipinski definition) is 0. The van der Waals surface area contributed by atoms with E-state index in [1.54, 1.807) is 42.6 Å². The fourth-order valence-corrected chi connectivity index (χ4v) is 4.15. The second-order valence-corrected chi connectivity index (χ2v) is 7.72. The molecule has 0 spiro atoms. The Morgan fingerprint density at radius 2 is 1.68 bits per heavy atom. The summed E-state index contributed by atoms with van der Waals surface area (Å²) in [4.78, 5) is 22.2. The van der Waals surface area contributed by atoms with Crippen LogP contribution in [0.25, 0.3) is 27.9 Å². The quantitative estimate of drug-likeness (QED) is 0.274. The number of aromatic nitrogens is 3. The van der Waals surface area contributed by atoms with Crippen LogP contribution in [0.2, 0.25) is 0 Å². The predicted octanol–water partition coefficient (Wildman–Crippen LogP) is 5.47. The van der Waals surface area contributed by atoms with E-state index in [9.17, 15) is 9.18 Å². The minimum atomic E-state index is -0.494. The average molecular weight is 429 g/mol. The van der Waals surface area contributed by atoms with Crippen LogP contribution in [0, 0.1) is 5.82 Å². The number of rotatable bonds is 5. The molecule has 0 saturated carbocycles. The third kappa shape index (κ3) is 3.75. The molecule has 0 amide bonds. The summed E-state index contributed by atoms with van der Waals surface area (Å²) in [7, 11) is 0. The molecule has 5 aromatic rings. The van der Waals surface area contributed by atoms with Crippen LogP contribution in [-0.4, -0.2) is 14.5 Å². The van der Waals surface area contributed by atoms with Gasteiger partial charge in [-0.05, 0) is 24.3 Å². The molecule has 0 atom stereocenters. The molecule has 0 aliphatic heterocycles. The van der Waals surface area contributed by atoms with Crippen LogP contribution in [0.15, 0.2) is 99.4 Å². The Balaban J connectivity index is 1.54. The van der Waals surface area contributed by atoms with E-state index in [4.69, 9.17) is 4.42 Å². The number of nitrogens with zero attached hydrogens (tertiary/aromatic N) is 3. The maximum atomic E-state index is 14.6. The fraction of sp³-hybridized carbons (Fsp3) is 0.0417. The van der Waals surface area contributed by atoms with Crippen molar-refractivity contribution in [2.24, 2.45) is 0 Å². The molecule has 2 heterocycles. The van der Waals surface area contributed by atoms with E-state index in [2.05, 4.69) is 9.97 Å². The monoisotopic (exact) mass is 429 g/mol. The highest BCUT2D eigenvalue weighted by atomic mass is 32.2. The van der Waals surface area contributed by atoms with E-state index in [-0.39, 0.29) is 11.2 Å². The maximum Gasteiger partial charge on any atom is 0.266 e. The summed E-state index contributed by atoms with van der Waals surface area (Å²) in [6.07, 6.45) is 1.67. The third-order valence-corrected chi connectivity index (χ3v) is 5.70. The lowest BCUT2D eigenvalue weighted by Gasteiger charge is -2.13. The van der Waals surface area contributed by atoms with Crippen LogP contribution in [0.5, 0.6) is 0 Å². The molecule has 0 saturated heterocycles. The minimum Gasteiger partial charge on any atom is -0.440 e. The first-order valence-corrected chi connectivity index (χ1v) is 10.6. The molecule has 0 N–H and O–H groups in total. The van der Waals surface area contributed by atoms with Crippen molar-refractivity contribution >= 4 is 22.7 Å². The molecule has 0 aliphatic carbocycles. The Morgan fingerprint density at radius 1 is 0.935 bits per heavy atom. The largest absolute Gasteiger partial charge is 0.440 e. The van der Waals surface area contributed by atoms with E-state index in [1.807, 2.05) is 36.4 Å². The lowest BCUT2D eigenvalue weighted by Crippen LogP contribution is -2.22. The zero-order valence-corrected chi connectivity index (χ0v) is 17.1. The first-order valence-electron chi connectivity index (χ1n) is 9.60. The van der Waals surface area contributed by atoms with Gasteiger partial charge in [-0.2, -0.15) is 0 Å². The lowest BCUT2D eigenvalue weighted by molar-refractivity contribution is 0.529. The Morgan fingerprint density at radius 3 is 2.52 bits per heavy atom. The number of thioether (sulfide) groups is 1. The molecule has 152 valence electrons. The number of benzene rings is 3. The van der Waals surface area contributed by atoms with Crippen molar-refractivity contribution in [2.45, 2.75) is 10.9 Å². The number of para-hydroxylation sites is 2. The van der Waals surface area contributed by atoms with E-state index >= 15 is 0 Å². The van der Waals surface area contributed by atoms with E-state index in [0.717, 1.165) is 5.56 Å². The maximum absolute atomic E-state index is 14.6. The van der Waals surface area contributed by atoms with Gasteiger partial charge in [0.15, 0.2) is 10.9 Å².